The number of hydrogen-bond donors (Lipinski definition) is 2. The molecule has 0 spiro atoms. The van der Waals surface area contributed by atoms with Crippen molar-refractivity contribution in [1.82, 2.24) is 0 Å². The first-order chi connectivity index (χ1) is 8.12. The van der Waals surface area contributed by atoms with Crippen molar-refractivity contribution in [3.8, 4) is 5.75 Å². The lowest BCUT2D eigenvalue weighted by Gasteiger charge is -2.16. The number of halogens is 1. The molecule has 1 rings (SSSR count). The van der Waals surface area contributed by atoms with Gasteiger partial charge < -0.3 is 15.8 Å². The Labute approximate surface area is 102 Å². The molecule has 0 aliphatic heterocycles. The van der Waals surface area contributed by atoms with Gasteiger partial charge in [-0.2, -0.15) is 0 Å². The van der Waals surface area contributed by atoms with Gasteiger partial charge in [-0.15, -0.1) is 0 Å². The molecule has 0 amide bonds. The molecule has 0 fully saturated rings. The second kappa shape index (κ2) is 6.33. The van der Waals surface area contributed by atoms with Crippen LogP contribution in [0, 0.1) is 11.7 Å². The van der Waals surface area contributed by atoms with E-state index in [1.165, 1.54) is 13.2 Å². The SMILES string of the molecule is CCC(CC)CNc1cc(OC)c(N)cc1F. The molecule has 0 aromatic heterocycles. The fraction of sp³-hybridized carbons (Fsp3) is 0.538. The average Bonchev–Trinajstić information content (AvgIpc) is 2.32. The highest BCUT2D eigenvalue weighted by molar-refractivity contribution is 5.62. The summed E-state index contributed by atoms with van der Waals surface area (Å²) in [5, 5.41) is 3.11. The number of nitrogen functional groups attached to an aromatic ring is 1. The van der Waals surface area contributed by atoms with E-state index in [1.807, 2.05) is 0 Å². The Morgan fingerprint density at radius 2 is 2.00 bits per heavy atom. The molecule has 0 saturated heterocycles. The summed E-state index contributed by atoms with van der Waals surface area (Å²) < 4.78 is 18.7. The summed E-state index contributed by atoms with van der Waals surface area (Å²) >= 11 is 0. The van der Waals surface area contributed by atoms with Crippen LogP contribution in [0.3, 0.4) is 0 Å². The fourth-order valence-corrected chi connectivity index (χ4v) is 1.71. The summed E-state index contributed by atoms with van der Waals surface area (Å²) in [6.45, 7) is 5.03. The van der Waals surface area contributed by atoms with Gasteiger partial charge in [-0.25, -0.2) is 4.39 Å². The third kappa shape index (κ3) is 3.51. The van der Waals surface area contributed by atoms with E-state index in [1.54, 1.807) is 6.07 Å². The second-order valence-corrected chi connectivity index (χ2v) is 4.14. The van der Waals surface area contributed by atoms with E-state index in [0.29, 0.717) is 23.0 Å². The van der Waals surface area contributed by atoms with Crippen LogP contribution in [0.4, 0.5) is 15.8 Å². The molecular weight excluding hydrogens is 219 g/mol. The highest BCUT2D eigenvalue weighted by Gasteiger charge is 2.10. The molecular formula is C13H21FN2O. The maximum absolute atomic E-state index is 13.6. The Kier molecular flexibility index (Phi) is 5.07. The van der Waals surface area contributed by atoms with E-state index in [2.05, 4.69) is 19.2 Å². The van der Waals surface area contributed by atoms with Crippen molar-refractivity contribution in [3.05, 3.63) is 17.9 Å². The van der Waals surface area contributed by atoms with Crippen LogP contribution in [0.1, 0.15) is 26.7 Å². The smallest absolute Gasteiger partial charge is 0.148 e. The largest absolute Gasteiger partial charge is 0.495 e. The minimum Gasteiger partial charge on any atom is -0.495 e. The Hall–Kier alpha value is -1.45. The Morgan fingerprint density at radius 1 is 1.35 bits per heavy atom. The molecule has 1 aromatic carbocycles. The van der Waals surface area contributed by atoms with Crippen molar-refractivity contribution in [2.45, 2.75) is 26.7 Å². The van der Waals surface area contributed by atoms with Crippen LogP contribution in [0.25, 0.3) is 0 Å². The summed E-state index contributed by atoms with van der Waals surface area (Å²) in [7, 11) is 1.52. The Bertz CT molecular complexity index is 365. The molecule has 0 aliphatic carbocycles. The highest BCUT2D eigenvalue weighted by Crippen LogP contribution is 2.28. The van der Waals surface area contributed by atoms with Crippen molar-refractivity contribution in [1.29, 1.82) is 0 Å². The van der Waals surface area contributed by atoms with Gasteiger partial charge in [0.2, 0.25) is 0 Å². The van der Waals surface area contributed by atoms with Crippen molar-refractivity contribution in [2.75, 3.05) is 24.7 Å². The standard InChI is InChI=1S/C13H21FN2O/c1-4-9(5-2)8-16-12-7-13(17-3)11(15)6-10(12)14/h6-7,9,16H,4-5,8,15H2,1-3H3. The molecule has 4 heteroatoms. The normalized spacial score (nSPS) is 10.6. The number of nitrogens with two attached hydrogens (primary N) is 1. The lowest BCUT2D eigenvalue weighted by molar-refractivity contribution is 0.416. The molecule has 3 N–H and O–H groups in total. The monoisotopic (exact) mass is 240 g/mol. The first-order valence-electron chi connectivity index (χ1n) is 5.99. The van der Waals surface area contributed by atoms with Gasteiger partial charge in [0.1, 0.15) is 11.6 Å². The summed E-state index contributed by atoms with van der Waals surface area (Å²) in [5.41, 5.74) is 6.38. The van der Waals surface area contributed by atoms with Gasteiger partial charge in [0.25, 0.3) is 0 Å². The number of benzene rings is 1. The Morgan fingerprint density at radius 3 is 2.53 bits per heavy atom. The average molecular weight is 240 g/mol. The van der Waals surface area contributed by atoms with Crippen LogP contribution in [0.15, 0.2) is 12.1 Å². The van der Waals surface area contributed by atoms with Gasteiger partial charge in [-0.3, -0.25) is 0 Å². The molecule has 17 heavy (non-hydrogen) atoms. The lowest BCUT2D eigenvalue weighted by atomic mass is 10.0. The van der Waals surface area contributed by atoms with Crippen LogP contribution < -0.4 is 15.8 Å². The fourth-order valence-electron chi connectivity index (χ4n) is 1.71. The zero-order valence-electron chi connectivity index (χ0n) is 10.7. The molecule has 0 atom stereocenters. The van der Waals surface area contributed by atoms with E-state index in [4.69, 9.17) is 10.5 Å². The first-order valence-corrected chi connectivity index (χ1v) is 5.99. The quantitative estimate of drug-likeness (QED) is 0.750. The molecule has 0 unspecified atom stereocenters. The van der Waals surface area contributed by atoms with Gasteiger partial charge in [0.15, 0.2) is 0 Å². The summed E-state index contributed by atoms with van der Waals surface area (Å²) in [5.74, 6) is 0.714. The van der Waals surface area contributed by atoms with Crippen LogP contribution in [0.2, 0.25) is 0 Å². The predicted molar refractivity (Wildman–Crippen MR) is 69.9 cm³/mol. The number of methoxy groups -OCH3 is 1. The van der Waals surface area contributed by atoms with Crippen molar-refractivity contribution < 1.29 is 9.13 Å². The summed E-state index contributed by atoms with van der Waals surface area (Å²) in [4.78, 5) is 0. The van der Waals surface area contributed by atoms with E-state index < -0.39 is 0 Å². The minimum atomic E-state index is -0.339. The van der Waals surface area contributed by atoms with Crippen molar-refractivity contribution in [2.24, 2.45) is 5.92 Å². The van der Waals surface area contributed by atoms with Gasteiger partial charge in [-0.05, 0) is 5.92 Å². The third-order valence-corrected chi connectivity index (χ3v) is 3.06. The number of nitrogens with one attached hydrogen (secondary N) is 1. The van der Waals surface area contributed by atoms with Crippen molar-refractivity contribution >= 4 is 11.4 Å². The predicted octanol–water partition coefficient (Wildman–Crippen LogP) is 3.26. The zero-order valence-corrected chi connectivity index (χ0v) is 10.7. The van der Waals surface area contributed by atoms with E-state index in [0.717, 1.165) is 19.4 Å². The van der Waals surface area contributed by atoms with E-state index in [9.17, 15) is 4.39 Å². The first kappa shape index (κ1) is 13.6. The third-order valence-electron chi connectivity index (χ3n) is 3.06. The van der Waals surface area contributed by atoms with Crippen LogP contribution >= 0.6 is 0 Å². The maximum Gasteiger partial charge on any atom is 0.148 e. The van der Waals surface area contributed by atoms with Gasteiger partial charge >= 0.3 is 0 Å². The van der Waals surface area contributed by atoms with Crippen molar-refractivity contribution in [3.63, 3.8) is 0 Å². The van der Waals surface area contributed by atoms with Crippen LogP contribution in [-0.4, -0.2) is 13.7 Å². The van der Waals surface area contributed by atoms with Gasteiger partial charge in [-0.1, -0.05) is 26.7 Å². The minimum absolute atomic E-state index is 0.318. The van der Waals surface area contributed by atoms with E-state index >= 15 is 0 Å². The molecule has 0 heterocycles. The van der Waals surface area contributed by atoms with Gasteiger partial charge in [0.05, 0.1) is 18.5 Å². The molecule has 0 radical (unpaired) electrons. The molecule has 0 saturated carbocycles. The molecule has 3 nitrogen and oxygen atoms in total. The topological polar surface area (TPSA) is 47.3 Å². The number of hydrogen-bond acceptors (Lipinski definition) is 3. The Balaban J connectivity index is 2.76. The summed E-state index contributed by atoms with van der Waals surface area (Å²) in [6.07, 6.45) is 2.16. The van der Waals surface area contributed by atoms with E-state index in [-0.39, 0.29) is 5.82 Å². The summed E-state index contributed by atoms with van der Waals surface area (Å²) in [6, 6.07) is 2.89. The maximum atomic E-state index is 13.6. The van der Waals surface area contributed by atoms with Gasteiger partial charge in [0, 0.05) is 18.7 Å². The number of ether oxygens (including phenoxy) is 1. The highest BCUT2D eigenvalue weighted by atomic mass is 19.1. The number of anilines is 2. The molecule has 1 aromatic rings. The molecule has 0 bridgehead atoms. The lowest BCUT2D eigenvalue weighted by Crippen LogP contribution is -2.13. The number of rotatable bonds is 6. The second-order valence-electron chi connectivity index (χ2n) is 4.14. The van der Waals surface area contributed by atoms with Crippen LogP contribution in [0.5, 0.6) is 5.75 Å². The molecule has 0 aliphatic rings. The van der Waals surface area contributed by atoms with Crippen LogP contribution in [-0.2, 0) is 0 Å². The molecule has 96 valence electrons. The zero-order chi connectivity index (χ0) is 12.8.